The largest absolute Gasteiger partial charge is 0.349 e. The van der Waals surface area contributed by atoms with Gasteiger partial charge >= 0.3 is 0 Å². The zero-order chi connectivity index (χ0) is 22.0. The topological polar surface area (TPSA) is 117 Å². The number of amides is 1. The van der Waals surface area contributed by atoms with Gasteiger partial charge in [-0.25, -0.2) is 14.3 Å². The predicted molar refractivity (Wildman–Crippen MR) is 114 cm³/mol. The van der Waals surface area contributed by atoms with Crippen LogP contribution in [0.15, 0.2) is 58.5 Å². The minimum Gasteiger partial charge on any atom is -0.349 e. The lowest BCUT2D eigenvalue weighted by Crippen LogP contribution is -2.30. The normalized spacial score (nSPS) is 11.0. The number of hydrogen-bond donors (Lipinski definition) is 1. The summed E-state index contributed by atoms with van der Waals surface area (Å²) in [6, 6.07) is 9.89. The summed E-state index contributed by atoms with van der Waals surface area (Å²) in [7, 11) is 1.47. The Bertz CT molecular complexity index is 1370. The molecule has 0 atom stereocenters. The highest BCUT2D eigenvalue weighted by molar-refractivity contribution is 6.30. The Morgan fingerprint density at radius 2 is 1.90 bits per heavy atom. The molecule has 0 bridgehead atoms. The molecule has 0 aliphatic carbocycles. The van der Waals surface area contributed by atoms with Gasteiger partial charge in [0.25, 0.3) is 17.0 Å². The van der Waals surface area contributed by atoms with Gasteiger partial charge in [-0.05, 0) is 23.8 Å². The number of halogens is 1. The highest BCUT2D eigenvalue weighted by Crippen LogP contribution is 2.11. The van der Waals surface area contributed by atoms with Crippen LogP contribution >= 0.6 is 11.6 Å². The standard InChI is InChI=1S/C20H18ClN7O3/c1-26-17(29)7-6-16(25-26)19(30)22-8-9-28-18-15(10-24-28)20(31)27(12-23-18)11-13-2-4-14(21)5-3-13/h2-7,10,12H,8-9,11H2,1H3,(H,22,30). The molecule has 0 saturated heterocycles. The Labute approximate surface area is 180 Å². The first kappa shape index (κ1) is 20.5. The maximum atomic E-state index is 12.8. The average molecular weight is 440 g/mol. The van der Waals surface area contributed by atoms with E-state index in [9.17, 15) is 14.4 Å². The van der Waals surface area contributed by atoms with Crippen LogP contribution in [-0.4, -0.2) is 41.6 Å². The summed E-state index contributed by atoms with van der Waals surface area (Å²) < 4.78 is 4.15. The number of aromatic nitrogens is 6. The molecule has 1 amide bonds. The molecule has 3 aromatic heterocycles. The van der Waals surface area contributed by atoms with Crippen molar-refractivity contribution >= 4 is 28.5 Å². The molecule has 4 rings (SSSR count). The van der Waals surface area contributed by atoms with Crippen LogP contribution in [0.1, 0.15) is 16.1 Å². The van der Waals surface area contributed by atoms with Crippen LogP contribution in [0.2, 0.25) is 5.02 Å². The lowest BCUT2D eigenvalue weighted by Gasteiger charge is -2.08. The lowest BCUT2D eigenvalue weighted by molar-refractivity contribution is 0.0944. The number of carbonyl (C=O) groups is 1. The van der Waals surface area contributed by atoms with E-state index in [4.69, 9.17) is 11.6 Å². The molecule has 0 aliphatic heterocycles. The van der Waals surface area contributed by atoms with Gasteiger partial charge in [0.05, 0.1) is 19.3 Å². The molecule has 3 heterocycles. The van der Waals surface area contributed by atoms with E-state index in [1.807, 2.05) is 12.1 Å². The summed E-state index contributed by atoms with van der Waals surface area (Å²) in [4.78, 5) is 40.7. The number of nitrogens with zero attached hydrogens (tertiary/aromatic N) is 6. The van der Waals surface area contributed by atoms with Crippen molar-refractivity contribution in [3.63, 3.8) is 0 Å². The van der Waals surface area contributed by atoms with E-state index < -0.39 is 5.91 Å². The highest BCUT2D eigenvalue weighted by atomic mass is 35.5. The summed E-state index contributed by atoms with van der Waals surface area (Å²) in [6.45, 7) is 0.928. The van der Waals surface area contributed by atoms with Gasteiger partial charge in [-0.3, -0.25) is 19.0 Å². The molecule has 0 spiro atoms. The zero-order valence-electron chi connectivity index (χ0n) is 16.5. The smallest absolute Gasteiger partial charge is 0.271 e. The average Bonchev–Trinajstić information content (AvgIpc) is 3.17. The molecule has 0 radical (unpaired) electrons. The van der Waals surface area contributed by atoms with Crippen LogP contribution in [0.25, 0.3) is 11.0 Å². The first-order valence-electron chi connectivity index (χ1n) is 9.40. The van der Waals surface area contributed by atoms with Crippen molar-refractivity contribution in [3.05, 3.63) is 85.9 Å². The molecule has 1 aromatic carbocycles. The zero-order valence-corrected chi connectivity index (χ0v) is 17.3. The second kappa shape index (κ2) is 8.52. The number of benzene rings is 1. The highest BCUT2D eigenvalue weighted by Gasteiger charge is 2.12. The van der Waals surface area contributed by atoms with E-state index in [0.717, 1.165) is 10.2 Å². The van der Waals surface area contributed by atoms with Gasteiger partial charge in [-0.15, -0.1) is 0 Å². The van der Waals surface area contributed by atoms with Gasteiger partial charge in [0.1, 0.15) is 17.4 Å². The van der Waals surface area contributed by atoms with Crippen molar-refractivity contribution in [2.75, 3.05) is 6.54 Å². The second-order valence-corrected chi connectivity index (χ2v) is 7.28. The first-order valence-corrected chi connectivity index (χ1v) is 9.78. The fraction of sp³-hybridized carbons (Fsp3) is 0.200. The minimum atomic E-state index is -0.412. The maximum absolute atomic E-state index is 12.8. The number of rotatable bonds is 6. The van der Waals surface area contributed by atoms with Crippen LogP contribution in [0.4, 0.5) is 0 Å². The quantitative estimate of drug-likeness (QED) is 0.475. The van der Waals surface area contributed by atoms with Crippen molar-refractivity contribution in [1.29, 1.82) is 0 Å². The van der Waals surface area contributed by atoms with Gasteiger partial charge < -0.3 is 5.32 Å². The van der Waals surface area contributed by atoms with Crippen molar-refractivity contribution in [1.82, 2.24) is 34.4 Å². The Balaban J connectivity index is 1.45. The van der Waals surface area contributed by atoms with Crippen molar-refractivity contribution in [2.24, 2.45) is 7.05 Å². The summed E-state index contributed by atoms with van der Waals surface area (Å²) in [6.07, 6.45) is 2.95. The number of carbonyl (C=O) groups excluding carboxylic acids is 1. The SMILES string of the molecule is Cn1nc(C(=O)NCCn2ncc3c(=O)n(Cc4ccc(Cl)cc4)cnc32)ccc1=O. The first-order chi connectivity index (χ1) is 14.9. The Hall–Kier alpha value is -3.79. The molecule has 4 aromatic rings. The number of hydrogen-bond acceptors (Lipinski definition) is 6. The summed E-state index contributed by atoms with van der Waals surface area (Å²) in [5, 5.41) is 11.9. The fourth-order valence-electron chi connectivity index (χ4n) is 3.05. The van der Waals surface area contributed by atoms with Crippen molar-refractivity contribution < 1.29 is 4.79 Å². The summed E-state index contributed by atoms with van der Waals surface area (Å²) in [5.74, 6) is -0.412. The van der Waals surface area contributed by atoms with E-state index in [1.54, 1.807) is 16.8 Å². The van der Waals surface area contributed by atoms with Crippen LogP contribution in [0, 0.1) is 0 Å². The number of aryl methyl sites for hydroxylation is 1. The van der Waals surface area contributed by atoms with E-state index >= 15 is 0 Å². The van der Waals surface area contributed by atoms with Gasteiger partial charge in [-0.1, -0.05) is 23.7 Å². The van der Waals surface area contributed by atoms with E-state index in [2.05, 4.69) is 20.5 Å². The third kappa shape index (κ3) is 4.38. The molecule has 10 nitrogen and oxygen atoms in total. The molecule has 31 heavy (non-hydrogen) atoms. The van der Waals surface area contributed by atoms with Crippen LogP contribution in [-0.2, 0) is 20.1 Å². The molecule has 0 aliphatic rings. The monoisotopic (exact) mass is 439 g/mol. The minimum absolute atomic E-state index is 0.135. The van der Waals surface area contributed by atoms with E-state index in [0.29, 0.717) is 29.1 Å². The molecular weight excluding hydrogens is 422 g/mol. The predicted octanol–water partition coefficient (Wildman–Crippen LogP) is 0.818. The Morgan fingerprint density at radius 3 is 2.65 bits per heavy atom. The van der Waals surface area contributed by atoms with Gasteiger partial charge in [0.15, 0.2) is 5.65 Å². The molecule has 1 N–H and O–H groups in total. The summed E-state index contributed by atoms with van der Waals surface area (Å²) >= 11 is 5.90. The summed E-state index contributed by atoms with van der Waals surface area (Å²) in [5.41, 5.74) is 0.995. The Morgan fingerprint density at radius 1 is 1.13 bits per heavy atom. The molecular formula is C20H18ClN7O3. The number of nitrogens with one attached hydrogen (secondary N) is 1. The molecule has 11 heteroatoms. The van der Waals surface area contributed by atoms with E-state index in [1.165, 1.54) is 36.3 Å². The molecule has 0 saturated carbocycles. The second-order valence-electron chi connectivity index (χ2n) is 6.85. The molecule has 0 unspecified atom stereocenters. The Kier molecular flexibility index (Phi) is 5.63. The molecule has 0 fully saturated rings. The van der Waals surface area contributed by atoms with Crippen LogP contribution in [0.5, 0.6) is 0 Å². The fourth-order valence-corrected chi connectivity index (χ4v) is 3.18. The van der Waals surface area contributed by atoms with Gasteiger partial charge in [0, 0.05) is 24.7 Å². The van der Waals surface area contributed by atoms with Crippen LogP contribution < -0.4 is 16.4 Å². The van der Waals surface area contributed by atoms with Crippen LogP contribution in [0.3, 0.4) is 0 Å². The van der Waals surface area contributed by atoms with Gasteiger partial charge in [-0.2, -0.15) is 10.2 Å². The van der Waals surface area contributed by atoms with Crippen molar-refractivity contribution in [3.8, 4) is 0 Å². The third-order valence-corrected chi connectivity index (χ3v) is 4.94. The van der Waals surface area contributed by atoms with E-state index in [-0.39, 0.29) is 23.4 Å². The van der Waals surface area contributed by atoms with Crippen molar-refractivity contribution in [2.45, 2.75) is 13.1 Å². The maximum Gasteiger partial charge on any atom is 0.271 e. The van der Waals surface area contributed by atoms with Gasteiger partial charge in [0.2, 0.25) is 0 Å². The third-order valence-electron chi connectivity index (χ3n) is 4.69. The molecule has 158 valence electrons. The lowest BCUT2D eigenvalue weighted by atomic mass is 10.2. The number of fused-ring (bicyclic) bond motifs is 1.